The molecule has 2 saturated heterocycles. The maximum Gasteiger partial charge on any atom is 0.315 e. The molecule has 2 heterocycles. The van der Waals surface area contributed by atoms with Gasteiger partial charge in [0.2, 0.25) is 5.91 Å². The molecule has 0 aromatic heterocycles. The molecule has 3 atom stereocenters. The number of fused-ring (bicyclic) bond motifs is 1. The van der Waals surface area contributed by atoms with Crippen LogP contribution in [0.4, 0.5) is 10.5 Å². The highest BCUT2D eigenvalue weighted by molar-refractivity contribution is 8.00. The molecule has 3 rings (SSSR count). The average molecular weight is 362 g/mol. The molecule has 0 saturated carbocycles. The number of carbonyl (C=O) groups excluding carboxylic acids is 3. The standard InChI is InChI=1S/C17H21N3O4S/c21-14(18-11-7-5-10(6-8-11)16(22)23)4-2-1-3-13-15-12(9-25-13)19-17(24)20-15/h5-8,12-13,15H,1-4,9H2,(H,18,21)(H,22,23)(H2,19,20,24)/p-1. The van der Waals surface area contributed by atoms with Crippen LogP contribution >= 0.6 is 11.8 Å². The molecule has 25 heavy (non-hydrogen) atoms. The molecule has 0 bridgehead atoms. The molecule has 7 nitrogen and oxygen atoms in total. The third-order valence-electron chi connectivity index (χ3n) is 4.48. The molecular weight excluding hydrogens is 342 g/mol. The number of anilines is 1. The van der Waals surface area contributed by atoms with Gasteiger partial charge in [-0.05, 0) is 30.5 Å². The minimum atomic E-state index is -1.24. The molecule has 0 spiro atoms. The highest BCUT2D eigenvalue weighted by atomic mass is 32.2. The Labute approximate surface area is 149 Å². The minimum Gasteiger partial charge on any atom is -0.545 e. The van der Waals surface area contributed by atoms with Crippen LogP contribution in [0, 0.1) is 0 Å². The van der Waals surface area contributed by atoms with Gasteiger partial charge in [-0.15, -0.1) is 0 Å². The minimum absolute atomic E-state index is 0.0793. The van der Waals surface area contributed by atoms with Gasteiger partial charge in [0.05, 0.1) is 18.1 Å². The molecule has 2 aliphatic heterocycles. The van der Waals surface area contributed by atoms with Gasteiger partial charge < -0.3 is 25.9 Å². The van der Waals surface area contributed by atoms with E-state index in [1.807, 2.05) is 11.8 Å². The number of rotatable bonds is 7. The number of carboxylic acid groups (broad SMARTS) is 1. The monoisotopic (exact) mass is 362 g/mol. The summed E-state index contributed by atoms with van der Waals surface area (Å²) in [6, 6.07) is 6.26. The molecule has 134 valence electrons. The highest BCUT2D eigenvalue weighted by Crippen LogP contribution is 2.33. The maximum absolute atomic E-state index is 11.9. The summed E-state index contributed by atoms with van der Waals surface area (Å²) >= 11 is 1.87. The van der Waals surface area contributed by atoms with Gasteiger partial charge in [-0.2, -0.15) is 11.8 Å². The zero-order chi connectivity index (χ0) is 17.8. The summed E-state index contributed by atoms with van der Waals surface area (Å²) in [6.07, 6.45) is 3.09. The molecule has 3 N–H and O–H groups in total. The van der Waals surface area contributed by atoms with Crippen LogP contribution in [-0.4, -0.2) is 41.0 Å². The molecule has 8 heteroatoms. The van der Waals surface area contributed by atoms with Crippen molar-refractivity contribution >= 4 is 35.4 Å². The predicted molar refractivity (Wildman–Crippen MR) is 93.4 cm³/mol. The smallest absolute Gasteiger partial charge is 0.315 e. The van der Waals surface area contributed by atoms with Crippen LogP contribution in [0.2, 0.25) is 0 Å². The number of amides is 3. The van der Waals surface area contributed by atoms with Crippen LogP contribution in [0.5, 0.6) is 0 Å². The van der Waals surface area contributed by atoms with E-state index in [0.717, 1.165) is 25.0 Å². The Hall–Kier alpha value is -2.22. The molecular formula is C17H20N3O4S-. The lowest BCUT2D eigenvalue weighted by molar-refractivity contribution is -0.255. The number of carboxylic acids is 1. The van der Waals surface area contributed by atoms with Crippen molar-refractivity contribution in [3.8, 4) is 0 Å². The number of hydrogen-bond donors (Lipinski definition) is 3. The second kappa shape index (κ2) is 7.77. The zero-order valence-corrected chi connectivity index (χ0v) is 14.4. The number of nitrogens with one attached hydrogen (secondary N) is 3. The summed E-state index contributed by atoms with van der Waals surface area (Å²) in [4.78, 5) is 34.0. The summed E-state index contributed by atoms with van der Waals surface area (Å²) in [6.45, 7) is 0. The topological polar surface area (TPSA) is 110 Å². The number of hydrogen-bond acceptors (Lipinski definition) is 5. The fourth-order valence-electron chi connectivity index (χ4n) is 3.19. The average Bonchev–Trinajstić information content (AvgIpc) is 3.11. The molecule has 2 aliphatic rings. The molecule has 3 unspecified atom stereocenters. The Morgan fingerprint density at radius 1 is 1.20 bits per heavy atom. The Kier molecular flexibility index (Phi) is 5.47. The normalized spacial score (nSPS) is 24.3. The lowest BCUT2D eigenvalue weighted by atomic mass is 10.0. The fraction of sp³-hybridized carbons (Fsp3) is 0.471. The van der Waals surface area contributed by atoms with E-state index in [0.29, 0.717) is 17.4 Å². The van der Waals surface area contributed by atoms with E-state index in [4.69, 9.17) is 0 Å². The van der Waals surface area contributed by atoms with E-state index in [2.05, 4.69) is 16.0 Å². The maximum atomic E-state index is 11.9. The summed E-state index contributed by atoms with van der Waals surface area (Å²) in [7, 11) is 0. The third-order valence-corrected chi connectivity index (χ3v) is 5.99. The second-order valence-corrected chi connectivity index (χ2v) is 7.55. The molecule has 3 amide bonds. The Morgan fingerprint density at radius 2 is 1.96 bits per heavy atom. The van der Waals surface area contributed by atoms with E-state index < -0.39 is 5.97 Å². The van der Waals surface area contributed by atoms with E-state index in [-0.39, 0.29) is 29.6 Å². The Bertz CT molecular complexity index is 664. The molecule has 1 aromatic carbocycles. The van der Waals surface area contributed by atoms with Crippen molar-refractivity contribution in [2.75, 3.05) is 11.1 Å². The molecule has 0 radical (unpaired) electrons. The van der Waals surface area contributed by atoms with Crippen LogP contribution in [-0.2, 0) is 4.79 Å². The number of benzene rings is 1. The van der Waals surface area contributed by atoms with Gasteiger partial charge in [0.15, 0.2) is 0 Å². The summed E-state index contributed by atoms with van der Waals surface area (Å²) in [5.74, 6) is -0.385. The number of thioether (sulfide) groups is 1. The van der Waals surface area contributed by atoms with Crippen LogP contribution < -0.4 is 21.1 Å². The van der Waals surface area contributed by atoms with Crippen molar-refractivity contribution in [3.63, 3.8) is 0 Å². The largest absolute Gasteiger partial charge is 0.545 e. The highest BCUT2D eigenvalue weighted by Gasteiger charge is 2.42. The predicted octanol–water partition coefficient (Wildman–Crippen LogP) is 0.714. The molecule has 2 fully saturated rings. The quantitative estimate of drug-likeness (QED) is 0.489. The lowest BCUT2D eigenvalue weighted by Crippen LogP contribution is -2.36. The number of carbonyl (C=O) groups is 3. The van der Waals surface area contributed by atoms with Gasteiger partial charge in [-0.3, -0.25) is 4.79 Å². The molecule has 0 aliphatic carbocycles. The Balaban J connectivity index is 1.35. The van der Waals surface area contributed by atoms with Crippen LogP contribution in [0.15, 0.2) is 24.3 Å². The van der Waals surface area contributed by atoms with Crippen LogP contribution in [0.1, 0.15) is 36.0 Å². The first-order valence-corrected chi connectivity index (χ1v) is 9.38. The van der Waals surface area contributed by atoms with E-state index in [9.17, 15) is 19.5 Å². The number of urea groups is 1. The summed E-state index contributed by atoms with van der Waals surface area (Å²) in [5.41, 5.74) is 0.655. The van der Waals surface area contributed by atoms with E-state index >= 15 is 0 Å². The molecule has 1 aromatic rings. The van der Waals surface area contributed by atoms with Gasteiger partial charge in [0.25, 0.3) is 0 Å². The third kappa shape index (κ3) is 4.45. The first kappa shape index (κ1) is 17.6. The van der Waals surface area contributed by atoms with Gasteiger partial charge in [-0.1, -0.05) is 18.6 Å². The van der Waals surface area contributed by atoms with Crippen LogP contribution in [0.25, 0.3) is 0 Å². The Morgan fingerprint density at radius 3 is 2.68 bits per heavy atom. The van der Waals surface area contributed by atoms with Crippen molar-refractivity contribution in [3.05, 3.63) is 29.8 Å². The van der Waals surface area contributed by atoms with Gasteiger partial charge in [0, 0.05) is 23.1 Å². The van der Waals surface area contributed by atoms with Crippen molar-refractivity contribution in [1.29, 1.82) is 0 Å². The van der Waals surface area contributed by atoms with Gasteiger partial charge in [0.1, 0.15) is 0 Å². The van der Waals surface area contributed by atoms with E-state index in [1.165, 1.54) is 12.1 Å². The van der Waals surface area contributed by atoms with E-state index in [1.54, 1.807) is 12.1 Å². The first-order valence-electron chi connectivity index (χ1n) is 8.33. The SMILES string of the molecule is O=C(CCCCC1SCC2NC(=O)NC21)Nc1ccc(C(=O)[O-])cc1. The first-order chi connectivity index (χ1) is 12.0. The number of aromatic carboxylic acids is 1. The van der Waals surface area contributed by atoms with Crippen molar-refractivity contribution < 1.29 is 19.5 Å². The summed E-state index contributed by atoms with van der Waals surface area (Å²) in [5, 5.41) is 19.7. The van der Waals surface area contributed by atoms with Gasteiger partial charge in [-0.25, -0.2) is 4.79 Å². The summed E-state index contributed by atoms with van der Waals surface area (Å²) < 4.78 is 0. The second-order valence-electron chi connectivity index (χ2n) is 6.28. The van der Waals surface area contributed by atoms with Crippen LogP contribution in [0.3, 0.4) is 0 Å². The van der Waals surface area contributed by atoms with Crippen molar-refractivity contribution in [2.24, 2.45) is 0 Å². The van der Waals surface area contributed by atoms with Crippen molar-refractivity contribution in [2.45, 2.75) is 43.0 Å². The zero-order valence-electron chi connectivity index (χ0n) is 13.6. The van der Waals surface area contributed by atoms with Crippen molar-refractivity contribution in [1.82, 2.24) is 10.6 Å². The fourth-order valence-corrected chi connectivity index (χ4v) is 4.73. The lowest BCUT2D eigenvalue weighted by Gasteiger charge is -2.16. The number of unbranched alkanes of at least 4 members (excludes halogenated alkanes) is 1. The van der Waals surface area contributed by atoms with Gasteiger partial charge >= 0.3 is 6.03 Å².